The molecule has 0 aromatic carbocycles. The number of Topliss-reactive ketones (excluding diaryl/α,β-unsaturated/α-hetero) is 1. The molecule has 120 valence electrons. The standard InChI is InChI=1S/C18H36O2/c1-6-14(2)9-7-10-15(3)11-8-12-16(4)18(20)13-17(5)19/h14-16,18,20H,6-13H2,1-5H3. The molecule has 1 N–H and O–H groups in total. The van der Waals surface area contributed by atoms with E-state index in [4.69, 9.17) is 0 Å². The number of aliphatic hydroxyl groups excluding tert-OH is 1. The highest BCUT2D eigenvalue weighted by Crippen LogP contribution is 2.21. The van der Waals surface area contributed by atoms with Crippen LogP contribution in [-0.4, -0.2) is 17.0 Å². The van der Waals surface area contributed by atoms with Gasteiger partial charge in [-0.2, -0.15) is 0 Å². The highest BCUT2D eigenvalue weighted by atomic mass is 16.3. The van der Waals surface area contributed by atoms with E-state index in [9.17, 15) is 9.90 Å². The van der Waals surface area contributed by atoms with Crippen molar-refractivity contribution in [2.45, 2.75) is 92.1 Å². The van der Waals surface area contributed by atoms with Crippen LogP contribution in [0.4, 0.5) is 0 Å². The lowest BCUT2D eigenvalue weighted by molar-refractivity contribution is -0.119. The van der Waals surface area contributed by atoms with Gasteiger partial charge in [0, 0.05) is 6.42 Å². The summed E-state index contributed by atoms with van der Waals surface area (Å²) < 4.78 is 0. The molecule has 2 heteroatoms. The summed E-state index contributed by atoms with van der Waals surface area (Å²) in [7, 11) is 0. The third-order valence-electron chi connectivity index (χ3n) is 4.60. The van der Waals surface area contributed by atoms with Crippen LogP contribution < -0.4 is 0 Å². The molecule has 20 heavy (non-hydrogen) atoms. The van der Waals surface area contributed by atoms with Gasteiger partial charge in [-0.1, -0.05) is 66.2 Å². The summed E-state index contributed by atoms with van der Waals surface area (Å²) in [5.41, 5.74) is 0. The Morgan fingerprint density at radius 2 is 1.45 bits per heavy atom. The van der Waals surface area contributed by atoms with Crippen LogP contribution in [0.25, 0.3) is 0 Å². The second kappa shape index (κ2) is 11.3. The van der Waals surface area contributed by atoms with E-state index in [0.717, 1.165) is 18.3 Å². The molecule has 0 aliphatic rings. The molecule has 0 aliphatic heterocycles. The largest absolute Gasteiger partial charge is 0.392 e. The summed E-state index contributed by atoms with van der Waals surface area (Å²) in [4.78, 5) is 11.0. The van der Waals surface area contributed by atoms with Gasteiger partial charge in [-0.25, -0.2) is 0 Å². The van der Waals surface area contributed by atoms with Gasteiger partial charge in [0.25, 0.3) is 0 Å². The maximum atomic E-state index is 11.0. The van der Waals surface area contributed by atoms with E-state index in [1.54, 1.807) is 6.92 Å². The predicted molar refractivity (Wildman–Crippen MR) is 86.8 cm³/mol. The van der Waals surface area contributed by atoms with Crippen molar-refractivity contribution < 1.29 is 9.90 Å². The zero-order valence-electron chi connectivity index (χ0n) is 14.3. The number of carbonyl (C=O) groups excluding carboxylic acids is 1. The number of hydrogen-bond acceptors (Lipinski definition) is 2. The molecular formula is C18H36O2. The van der Waals surface area contributed by atoms with Gasteiger partial charge in [-0.3, -0.25) is 4.79 Å². The predicted octanol–water partition coefficient (Wildman–Crippen LogP) is 4.99. The van der Waals surface area contributed by atoms with Crippen molar-refractivity contribution >= 4 is 5.78 Å². The monoisotopic (exact) mass is 284 g/mol. The minimum absolute atomic E-state index is 0.0859. The number of hydrogen-bond donors (Lipinski definition) is 1. The first kappa shape index (κ1) is 19.6. The van der Waals surface area contributed by atoms with Crippen LogP contribution in [-0.2, 0) is 4.79 Å². The fourth-order valence-electron chi connectivity index (χ4n) is 2.64. The van der Waals surface area contributed by atoms with Gasteiger partial charge in [0.2, 0.25) is 0 Å². The molecule has 0 aliphatic carbocycles. The van der Waals surface area contributed by atoms with Gasteiger partial charge in [0.15, 0.2) is 0 Å². The quantitative estimate of drug-likeness (QED) is 0.548. The summed E-state index contributed by atoms with van der Waals surface area (Å²) in [6.07, 6.45) is 8.63. The van der Waals surface area contributed by atoms with Crippen molar-refractivity contribution in [2.75, 3.05) is 0 Å². The highest BCUT2D eigenvalue weighted by Gasteiger charge is 2.16. The van der Waals surface area contributed by atoms with Gasteiger partial charge in [0.1, 0.15) is 5.78 Å². The third-order valence-corrected chi connectivity index (χ3v) is 4.60. The second-order valence-electron chi connectivity index (χ2n) is 6.93. The Morgan fingerprint density at radius 1 is 0.950 bits per heavy atom. The summed E-state index contributed by atoms with van der Waals surface area (Å²) in [6, 6.07) is 0. The fourth-order valence-corrected chi connectivity index (χ4v) is 2.64. The van der Waals surface area contributed by atoms with E-state index in [0.29, 0.717) is 6.42 Å². The first-order chi connectivity index (χ1) is 9.36. The maximum absolute atomic E-state index is 11.0. The Hall–Kier alpha value is -0.370. The molecule has 0 spiro atoms. The zero-order valence-corrected chi connectivity index (χ0v) is 14.3. The van der Waals surface area contributed by atoms with E-state index in [-0.39, 0.29) is 11.7 Å². The van der Waals surface area contributed by atoms with Gasteiger partial charge in [-0.15, -0.1) is 0 Å². The summed E-state index contributed by atoms with van der Waals surface area (Å²) in [6.45, 7) is 10.5. The smallest absolute Gasteiger partial charge is 0.132 e. The average Bonchev–Trinajstić information content (AvgIpc) is 2.37. The lowest BCUT2D eigenvalue weighted by Gasteiger charge is -2.19. The van der Waals surface area contributed by atoms with E-state index in [1.807, 2.05) is 0 Å². The topological polar surface area (TPSA) is 37.3 Å². The van der Waals surface area contributed by atoms with Gasteiger partial charge >= 0.3 is 0 Å². The van der Waals surface area contributed by atoms with Crippen LogP contribution in [0.15, 0.2) is 0 Å². The zero-order chi connectivity index (χ0) is 15.5. The number of rotatable bonds is 12. The molecule has 4 atom stereocenters. The SMILES string of the molecule is CCC(C)CCCC(C)CCCC(C)C(O)CC(C)=O. The van der Waals surface area contributed by atoms with Gasteiger partial charge in [-0.05, 0) is 31.1 Å². The number of aliphatic hydroxyl groups is 1. The van der Waals surface area contributed by atoms with Crippen LogP contribution >= 0.6 is 0 Å². The lowest BCUT2D eigenvalue weighted by Crippen LogP contribution is -2.20. The number of carbonyl (C=O) groups is 1. The molecule has 0 saturated heterocycles. The second-order valence-corrected chi connectivity index (χ2v) is 6.93. The highest BCUT2D eigenvalue weighted by molar-refractivity contribution is 5.75. The molecule has 0 radical (unpaired) electrons. The van der Waals surface area contributed by atoms with Crippen molar-refractivity contribution in [2.24, 2.45) is 17.8 Å². The summed E-state index contributed by atoms with van der Waals surface area (Å²) in [5.74, 6) is 1.98. The van der Waals surface area contributed by atoms with Crippen molar-refractivity contribution in [3.63, 3.8) is 0 Å². The Morgan fingerprint density at radius 3 is 1.95 bits per heavy atom. The molecular weight excluding hydrogens is 248 g/mol. The van der Waals surface area contributed by atoms with Crippen LogP contribution in [0.3, 0.4) is 0 Å². The molecule has 0 aromatic rings. The van der Waals surface area contributed by atoms with Crippen LogP contribution in [0.5, 0.6) is 0 Å². The van der Waals surface area contributed by atoms with Crippen LogP contribution in [0.2, 0.25) is 0 Å². The Balaban J connectivity index is 3.64. The normalized spacial score (nSPS) is 17.5. The van der Waals surface area contributed by atoms with Gasteiger partial charge < -0.3 is 5.11 Å². The molecule has 0 fully saturated rings. The molecule has 0 heterocycles. The number of ketones is 1. The maximum Gasteiger partial charge on any atom is 0.132 e. The fraction of sp³-hybridized carbons (Fsp3) is 0.944. The molecule has 0 aromatic heterocycles. The van der Waals surface area contributed by atoms with Crippen molar-refractivity contribution in [1.29, 1.82) is 0 Å². The first-order valence-electron chi connectivity index (χ1n) is 8.54. The molecule has 2 nitrogen and oxygen atoms in total. The molecule has 0 rings (SSSR count). The Labute approximate surface area is 126 Å². The van der Waals surface area contributed by atoms with Crippen molar-refractivity contribution in [3.8, 4) is 0 Å². The first-order valence-corrected chi connectivity index (χ1v) is 8.54. The minimum atomic E-state index is -0.451. The lowest BCUT2D eigenvalue weighted by atomic mass is 9.90. The van der Waals surface area contributed by atoms with E-state index >= 15 is 0 Å². The summed E-state index contributed by atoms with van der Waals surface area (Å²) >= 11 is 0. The van der Waals surface area contributed by atoms with Crippen LogP contribution in [0.1, 0.15) is 86.0 Å². The molecule has 0 bridgehead atoms. The Bertz CT molecular complexity index is 250. The van der Waals surface area contributed by atoms with Gasteiger partial charge in [0.05, 0.1) is 6.10 Å². The average molecular weight is 284 g/mol. The van der Waals surface area contributed by atoms with E-state index in [2.05, 4.69) is 27.7 Å². The van der Waals surface area contributed by atoms with E-state index < -0.39 is 6.10 Å². The molecule has 0 amide bonds. The van der Waals surface area contributed by atoms with E-state index in [1.165, 1.54) is 38.5 Å². The minimum Gasteiger partial charge on any atom is -0.392 e. The van der Waals surface area contributed by atoms with Crippen molar-refractivity contribution in [3.05, 3.63) is 0 Å². The molecule has 0 saturated carbocycles. The van der Waals surface area contributed by atoms with Crippen molar-refractivity contribution in [1.82, 2.24) is 0 Å². The summed E-state index contributed by atoms with van der Waals surface area (Å²) in [5, 5.41) is 9.86. The van der Waals surface area contributed by atoms with Crippen LogP contribution in [0, 0.1) is 17.8 Å². The Kier molecular flexibility index (Phi) is 11.1. The molecule has 4 unspecified atom stereocenters. The third kappa shape index (κ3) is 10.4.